The molecular weight excluding hydrogens is 392 g/mol. The molecule has 7 heteroatoms. The minimum atomic E-state index is -0.0704. The number of hydrogen-bond donors (Lipinski definition) is 1. The topological polar surface area (TPSA) is 66.9 Å². The van der Waals surface area contributed by atoms with Crippen LogP contribution in [-0.2, 0) is 4.74 Å². The highest BCUT2D eigenvalue weighted by Gasteiger charge is 2.34. The summed E-state index contributed by atoms with van der Waals surface area (Å²) in [6, 6.07) is 13.9. The maximum Gasteiger partial charge on any atom is 0.255 e. The number of aromatic nitrogens is 1. The molecule has 1 amide bonds. The lowest BCUT2D eigenvalue weighted by atomic mass is 10.1. The Balaban J connectivity index is 1.28. The average Bonchev–Trinajstić information content (AvgIpc) is 3.25. The van der Waals surface area contributed by atoms with E-state index in [9.17, 15) is 4.79 Å². The minimum absolute atomic E-state index is 0.00403. The number of anilines is 1. The number of piperazine rings is 1. The van der Waals surface area contributed by atoms with Gasteiger partial charge in [0.1, 0.15) is 17.7 Å². The van der Waals surface area contributed by atoms with Gasteiger partial charge in [-0.1, -0.05) is 18.2 Å². The van der Waals surface area contributed by atoms with Gasteiger partial charge in [-0.25, -0.2) is 4.98 Å². The number of fused-ring (bicyclic) bond motifs is 1. The first kappa shape index (κ1) is 20.3. The van der Waals surface area contributed by atoms with Gasteiger partial charge in [0, 0.05) is 32.4 Å². The standard InChI is InChI=1S/C24H30N4O3/c29-24(26-21-9-4-10-22(21)31-19-6-2-1-3-7-19)20-8-5-11-25-23(20)28-13-12-27-14-15-30-17-18(27)16-28/h1-3,5-8,11,18,21-22H,4,9-10,12-17H2,(H,26,29)/t18?,21-,22+/m1/s1. The zero-order valence-electron chi connectivity index (χ0n) is 17.8. The van der Waals surface area contributed by atoms with E-state index >= 15 is 0 Å². The number of para-hydroxylation sites is 1. The highest BCUT2D eigenvalue weighted by atomic mass is 16.5. The monoisotopic (exact) mass is 422 g/mol. The molecule has 2 aliphatic heterocycles. The van der Waals surface area contributed by atoms with E-state index in [-0.39, 0.29) is 18.1 Å². The van der Waals surface area contributed by atoms with Crippen molar-refractivity contribution in [3.8, 4) is 5.75 Å². The summed E-state index contributed by atoms with van der Waals surface area (Å²) >= 11 is 0. The van der Waals surface area contributed by atoms with E-state index in [1.165, 1.54) is 0 Å². The second kappa shape index (κ2) is 9.24. The van der Waals surface area contributed by atoms with Gasteiger partial charge in [0.2, 0.25) is 0 Å². The predicted octanol–water partition coefficient (Wildman–Crippen LogP) is 2.33. The summed E-state index contributed by atoms with van der Waals surface area (Å²) in [4.78, 5) is 22.6. The summed E-state index contributed by atoms with van der Waals surface area (Å²) in [5.41, 5.74) is 0.637. The Morgan fingerprint density at radius 2 is 2.00 bits per heavy atom. The first-order chi connectivity index (χ1) is 15.3. The molecule has 1 aromatic carbocycles. The van der Waals surface area contributed by atoms with Crippen molar-refractivity contribution < 1.29 is 14.3 Å². The smallest absolute Gasteiger partial charge is 0.255 e. The van der Waals surface area contributed by atoms with Gasteiger partial charge in [0.15, 0.2) is 0 Å². The molecule has 5 rings (SSSR count). The number of ether oxygens (including phenoxy) is 2. The Morgan fingerprint density at radius 3 is 2.90 bits per heavy atom. The third-order valence-electron chi connectivity index (χ3n) is 6.57. The molecule has 2 saturated heterocycles. The zero-order valence-corrected chi connectivity index (χ0v) is 17.8. The quantitative estimate of drug-likeness (QED) is 0.798. The first-order valence-electron chi connectivity index (χ1n) is 11.3. The minimum Gasteiger partial charge on any atom is -0.488 e. The molecule has 3 heterocycles. The van der Waals surface area contributed by atoms with E-state index in [4.69, 9.17) is 9.47 Å². The van der Waals surface area contributed by atoms with Gasteiger partial charge in [0.05, 0.1) is 30.9 Å². The molecule has 2 aromatic rings. The summed E-state index contributed by atoms with van der Waals surface area (Å²) in [7, 11) is 0. The third kappa shape index (κ3) is 4.52. The Kier molecular flexibility index (Phi) is 6.04. The van der Waals surface area contributed by atoms with Crippen LogP contribution in [-0.4, -0.2) is 73.4 Å². The largest absolute Gasteiger partial charge is 0.488 e. The molecule has 0 bridgehead atoms. The molecule has 1 unspecified atom stereocenters. The van der Waals surface area contributed by atoms with Crippen LogP contribution in [0.3, 0.4) is 0 Å². The Labute approximate surface area is 183 Å². The van der Waals surface area contributed by atoms with Crippen molar-refractivity contribution in [3.05, 3.63) is 54.2 Å². The highest BCUT2D eigenvalue weighted by molar-refractivity contribution is 5.99. The third-order valence-corrected chi connectivity index (χ3v) is 6.57. The van der Waals surface area contributed by atoms with Crippen molar-refractivity contribution in [2.75, 3.05) is 44.3 Å². The van der Waals surface area contributed by atoms with Crippen LogP contribution in [0.15, 0.2) is 48.7 Å². The van der Waals surface area contributed by atoms with Crippen molar-refractivity contribution in [3.63, 3.8) is 0 Å². The normalized spacial score (nSPS) is 26.3. The SMILES string of the molecule is O=C(N[C@@H]1CCC[C@@H]1Oc1ccccc1)c1cccnc1N1CCN2CCOCC2C1. The summed E-state index contributed by atoms with van der Waals surface area (Å²) in [6.07, 6.45) is 4.69. The Hall–Kier alpha value is -2.64. The number of carbonyl (C=O) groups excluding carboxylic acids is 1. The van der Waals surface area contributed by atoms with Gasteiger partial charge in [0.25, 0.3) is 5.91 Å². The van der Waals surface area contributed by atoms with E-state index in [2.05, 4.69) is 20.1 Å². The van der Waals surface area contributed by atoms with Gasteiger partial charge >= 0.3 is 0 Å². The lowest BCUT2D eigenvalue weighted by Crippen LogP contribution is -2.58. The number of nitrogens with zero attached hydrogens (tertiary/aromatic N) is 3. The van der Waals surface area contributed by atoms with Crippen molar-refractivity contribution in [2.45, 2.75) is 37.5 Å². The highest BCUT2D eigenvalue weighted by Crippen LogP contribution is 2.27. The summed E-state index contributed by atoms with van der Waals surface area (Å²) < 4.78 is 11.8. The molecule has 1 aromatic heterocycles. The fraction of sp³-hybridized carbons (Fsp3) is 0.500. The number of hydrogen-bond acceptors (Lipinski definition) is 6. The molecule has 31 heavy (non-hydrogen) atoms. The maximum atomic E-state index is 13.3. The van der Waals surface area contributed by atoms with Crippen molar-refractivity contribution in [1.29, 1.82) is 0 Å². The number of nitrogens with one attached hydrogen (secondary N) is 1. The van der Waals surface area contributed by atoms with E-state index < -0.39 is 0 Å². The molecule has 3 aliphatic rings. The molecule has 1 aliphatic carbocycles. The molecule has 1 N–H and O–H groups in total. The number of benzene rings is 1. The van der Waals surface area contributed by atoms with E-state index in [1.807, 2.05) is 42.5 Å². The second-order valence-corrected chi connectivity index (χ2v) is 8.57. The van der Waals surface area contributed by atoms with Gasteiger partial charge in [-0.05, 0) is 43.5 Å². The van der Waals surface area contributed by atoms with Gasteiger partial charge in [-0.2, -0.15) is 0 Å². The van der Waals surface area contributed by atoms with Crippen LogP contribution in [0.25, 0.3) is 0 Å². The average molecular weight is 423 g/mol. The van der Waals surface area contributed by atoms with Crippen LogP contribution in [0.1, 0.15) is 29.6 Å². The Bertz CT molecular complexity index is 893. The van der Waals surface area contributed by atoms with Crippen molar-refractivity contribution >= 4 is 11.7 Å². The molecule has 3 fully saturated rings. The van der Waals surface area contributed by atoms with Crippen LogP contribution >= 0.6 is 0 Å². The fourth-order valence-electron chi connectivity index (χ4n) is 4.92. The lowest BCUT2D eigenvalue weighted by molar-refractivity contribution is -0.0118. The van der Waals surface area contributed by atoms with Crippen molar-refractivity contribution in [2.24, 2.45) is 0 Å². The summed E-state index contributed by atoms with van der Waals surface area (Å²) in [5, 5.41) is 3.24. The van der Waals surface area contributed by atoms with Gasteiger partial charge < -0.3 is 19.7 Å². The predicted molar refractivity (Wildman–Crippen MR) is 119 cm³/mol. The summed E-state index contributed by atoms with van der Waals surface area (Å²) in [6.45, 7) is 5.21. The number of carbonyl (C=O) groups is 1. The molecular formula is C24H30N4O3. The van der Waals surface area contributed by atoms with Crippen LogP contribution in [0.2, 0.25) is 0 Å². The number of rotatable bonds is 5. The van der Waals surface area contributed by atoms with E-state index in [0.717, 1.165) is 70.2 Å². The molecule has 0 radical (unpaired) electrons. The molecule has 3 atom stereocenters. The van der Waals surface area contributed by atoms with Gasteiger partial charge in [-0.3, -0.25) is 9.69 Å². The lowest BCUT2D eigenvalue weighted by Gasteiger charge is -2.44. The molecule has 164 valence electrons. The second-order valence-electron chi connectivity index (χ2n) is 8.57. The zero-order chi connectivity index (χ0) is 21.0. The Morgan fingerprint density at radius 1 is 1.10 bits per heavy atom. The molecule has 0 spiro atoms. The molecule has 7 nitrogen and oxygen atoms in total. The van der Waals surface area contributed by atoms with E-state index in [1.54, 1.807) is 6.20 Å². The van der Waals surface area contributed by atoms with Gasteiger partial charge in [-0.15, -0.1) is 0 Å². The number of amides is 1. The fourth-order valence-corrected chi connectivity index (χ4v) is 4.92. The van der Waals surface area contributed by atoms with E-state index in [0.29, 0.717) is 11.6 Å². The van der Waals surface area contributed by atoms with Crippen LogP contribution in [0, 0.1) is 0 Å². The maximum absolute atomic E-state index is 13.3. The molecule has 1 saturated carbocycles. The van der Waals surface area contributed by atoms with Crippen molar-refractivity contribution in [1.82, 2.24) is 15.2 Å². The first-order valence-corrected chi connectivity index (χ1v) is 11.3. The van der Waals surface area contributed by atoms with Crippen LogP contribution in [0.4, 0.5) is 5.82 Å². The van der Waals surface area contributed by atoms with Crippen LogP contribution in [0.5, 0.6) is 5.75 Å². The number of pyridine rings is 1. The van der Waals surface area contributed by atoms with Crippen LogP contribution < -0.4 is 15.0 Å². The number of morpholine rings is 1. The summed E-state index contributed by atoms with van der Waals surface area (Å²) in [5.74, 6) is 1.55.